The van der Waals surface area contributed by atoms with Crippen LogP contribution >= 0.6 is 23.2 Å². The molecule has 4 aliphatic carbocycles. The van der Waals surface area contributed by atoms with Gasteiger partial charge in [-0.15, -0.1) is 0 Å². The van der Waals surface area contributed by atoms with Crippen LogP contribution in [-0.2, 0) is 0 Å². The summed E-state index contributed by atoms with van der Waals surface area (Å²) in [7, 11) is 0. The maximum absolute atomic E-state index is 12.7. The molecular weight excluding hydrogens is 579 g/mol. The van der Waals surface area contributed by atoms with E-state index < -0.39 is 0 Å². The van der Waals surface area contributed by atoms with Crippen LogP contribution in [0.4, 0.5) is 0 Å². The lowest BCUT2D eigenvalue weighted by Crippen LogP contribution is -2.51. The fraction of sp³-hybridized carbons (Fsp3) is 0.486. The number of hydrazone groups is 2. The lowest BCUT2D eigenvalue weighted by Gasteiger charge is -2.58. The molecule has 4 aliphatic rings. The van der Waals surface area contributed by atoms with E-state index >= 15 is 0 Å². The number of hydrogen-bond donors (Lipinski definition) is 2. The van der Waals surface area contributed by atoms with Gasteiger partial charge in [-0.2, -0.15) is 10.2 Å². The molecular formula is C35H40Cl2N4O2. The Kier molecular flexibility index (Phi) is 8.29. The van der Waals surface area contributed by atoms with Crippen molar-refractivity contribution in [2.24, 2.45) is 44.7 Å². The van der Waals surface area contributed by atoms with Crippen LogP contribution in [0, 0.1) is 34.5 Å². The number of amides is 2. The number of nitrogens with one attached hydrogen (secondary N) is 2. The molecule has 2 N–H and O–H groups in total. The predicted octanol–water partition coefficient (Wildman–Crippen LogP) is 8.46. The second-order valence-electron chi connectivity index (χ2n) is 13.4. The van der Waals surface area contributed by atoms with Gasteiger partial charge in [-0.25, -0.2) is 10.9 Å². The molecule has 0 aromatic heterocycles. The Hall–Kier alpha value is -2.96. The standard InChI is InChI=1S/C35H40Cl2N4O2/c1-21(38-40-32(42)22-6-4-8-25(36)18-22)29-12-13-30-28-11-10-24-20-27(39-41-33(43)23-7-5-9-26(37)19-23)14-16-34(24,2)31(28)15-17-35(29,30)3/h4-9,18-20,28-31H,10-17H2,1-3H3,(H,40,42)(H,41,43). The number of nitrogens with zero attached hydrogens (tertiary/aromatic N) is 2. The van der Waals surface area contributed by atoms with E-state index in [0.717, 1.165) is 37.1 Å². The number of hydrogen-bond acceptors (Lipinski definition) is 4. The molecule has 43 heavy (non-hydrogen) atoms. The highest BCUT2D eigenvalue weighted by Gasteiger charge is 2.59. The molecule has 6 atom stereocenters. The fourth-order valence-electron chi connectivity index (χ4n) is 9.07. The normalized spacial score (nSPS) is 32.7. The first-order chi connectivity index (χ1) is 20.6. The van der Waals surface area contributed by atoms with E-state index in [9.17, 15) is 9.59 Å². The topological polar surface area (TPSA) is 82.9 Å². The summed E-state index contributed by atoms with van der Waals surface area (Å²) >= 11 is 12.1. The third-order valence-corrected chi connectivity index (χ3v) is 11.8. The van der Waals surface area contributed by atoms with Crippen LogP contribution in [0.15, 0.2) is 70.4 Å². The summed E-state index contributed by atoms with van der Waals surface area (Å²) in [6.45, 7) is 7.04. The van der Waals surface area contributed by atoms with Crippen molar-refractivity contribution in [2.45, 2.75) is 72.1 Å². The van der Waals surface area contributed by atoms with Gasteiger partial charge in [-0.05, 0) is 129 Å². The molecule has 0 saturated heterocycles. The zero-order valence-electron chi connectivity index (χ0n) is 25.1. The quantitative estimate of drug-likeness (QED) is 0.260. The van der Waals surface area contributed by atoms with Gasteiger partial charge in [0.15, 0.2) is 0 Å². The van der Waals surface area contributed by atoms with E-state index in [-0.39, 0.29) is 22.6 Å². The molecule has 0 heterocycles. The molecule has 6 unspecified atom stereocenters. The van der Waals surface area contributed by atoms with Crippen LogP contribution in [-0.4, -0.2) is 23.2 Å². The molecule has 2 aromatic carbocycles. The van der Waals surface area contributed by atoms with Gasteiger partial charge in [0.1, 0.15) is 0 Å². The van der Waals surface area contributed by atoms with E-state index in [1.807, 2.05) is 0 Å². The smallest absolute Gasteiger partial charge is 0.267 e. The number of rotatable bonds is 5. The van der Waals surface area contributed by atoms with Gasteiger partial charge in [-0.3, -0.25) is 9.59 Å². The first-order valence-corrected chi connectivity index (χ1v) is 16.3. The number of benzene rings is 2. The minimum atomic E-state index is -0.240. The molecule has 8 heteroatoms. The summed E-state index contributed by atoms with van der Waals surface area (Å²) in [5.41, 5.74) is 10.4. The molecule has 6 rings (SSSR count). The van der Waals surface area contributed by atoms with E-state index in [1.165, 1.54) is 31.3 Å². The molecule has 2 aromatic rings. The Labute approximate surface area is 264 Å². The number of fused-ring (bicyclic) bond motifs is 5. The van der Waals surface area contributed by atoms with Crippen LogP contribution in [0.2, 0.25) is 10.0 Å². The highest BCUT2D eigenvalue weighted by Crippen LogP contribution is 2.66. The average Bonchev–Trinajstić information content (AvgIpc) is 3.35. The molecule has 3 saturated carbocycles. The monoisotopic (exact) mass is 618 g/mol. The van der Waals surface area contributed by atoms with Crippen molar-refractivity contribution in [1.29, 1.82) is 0 Å². The van der Waals surface area contributed by atoms with Crippen LogP contribution in [0.5, 0.6) is 0 Å². The summed E-state index contributed by atoms with van der Waals surface area (Å²) in [6.07, 6.45) is 11.2. The minimum absolute atomic E-state index is 0.173. The number of allylic oxidation sites excluding steroid dienone is 2. The van der Waals surface area contributed by atoms with Gasteiger partial charge in [0.2, 0.25) is 0 Å². The summed E-state index contributed by atoms with van der Waals surface area (Å²) in [6, 6.07) is 13.9. The molecule has 3 fully saturated rings. The van der Waals surface area contributed by atoms with Crippen molar-refractivity contribution in [3.8, 4) is 0 Å². The average molecular weight is 620 g/mol. The van der Waals surface area contributed by atoms with Gasteiger partial charge >= 0.3 is 0 Å². The second-order valence-corrected chi connectivity index (χ2v) is 14.3. The van der Waals surface area contributed by atoms with Gasteiger partial charge in [0, 0.05) is 32.8 Å². The Balaban J connectivity index is 1.13. The summed E-state index contributed by atoms with van der Waals surface area (Å²) in [4.78, 5) is 25.3. The molecule has 226 valence electrons. The molecule has 2 amide bonds. The van der Waals surface area contributed by atoms with E-state index in [2.05, 4.69) is 47.9 Å². The lowest BCUT2D eigenvalue weighted by atomic mass is 9.46. The zero-order valence-corrected chi connectivity index (χ0v) is 26.6. The number of carbonyl (C=O) groups excluding carboxylic acids is 2. The largest absolute Gasteiger partial charge is 0.271 e. The highest BCUT2D eigenvalue weighted by molar-refractivity contribution is 6.31. The first kappa shape index (κ1) is 30.1. The summed E-state index contributed by atoms with van der Waals surface area (Å²) < 4.78 is 0. The minimum Gasteiger partial charge on any atom is -0.267 e. The predicted molar refractivity (Wildman–Crippen MR) is 174 cm³/mol. The highest BCUT2D eigenvalue weighted by atomic mass is 35.5. The van der Waals surface area contributed by atoms with Crippen molar-refractivity contribution in [2.75, 3.05) is 0 Å². The third kappa shape index (κ3) is 5.69. The Bertz CT molecular complexity index is 1530. The first-order valence-electron chi connectivity index (χ1n) is 15.5. The molecule has 0 bridgehead atoms. The molecule has 6 nitrogen and oxygen atoms in total. The summed E-state index contributed by atoms with van der Waals surface area (Å²) in [5.74, 6) is 1.92. The SMILES string of the molecule is CC(=NNC(=O)c1cccc(Cl)c1)C1CCC2C3CCC4=CC(=NNC(=O)c5cccc(Cl)c5)CCC4(C)C3CCC12C. The Morgan fingerprint density at radius 1 is 0.837 bits per heavy atom. The molecule has 0 radical (unpaired) electrons. The third-order valence-electron chi connectivity index (χ3n) is 11.3. The van der Waals surface area contributed by atoms with Crippen molar-refractivity contribution < 1.29 is 9.59 Å². The maximum atomic E-state index is 12.7. The summed E-state index contributed by atoms with van der Waals surface area (Å²) in [5, 5.41) is 10.2. The van der Waals surface area contributed by atoms with Crippen LogP contribution < -0.4 is 10.9 Å². The number of carbonyl (C=O) groups is 2. The lowest BCUT2D eigenvalue weighted by molar-refractivity contribution is -0.0407. The van der Waals surface area contributed by atoms with Gasteiger partial charge < -0.3 is 0 Å². The van der Waals surface area contributed by atoms with Crippen molar-refractivity contribution >= 4 is 46.4 Å². The Morgan fingerprint density at radius 3 is 2.19 bits per heavy atom. The van der Waals surface area contributed by atoms with Gasteiger partial charge in [0.25, 0.3) is 11.8 Å². The van der Waals surface area contributed by atoms with E-state index in [1.54, 1.807) is 48.5 Å². The van der Waals surface area contributed by atoms with Crippen LogP contribution in [0.3, 0.4) is 0 Å². The molecule has 0 aliphatic heterocycles. The van der Waals surface area contributed by atoms with Gasteiger partial charge in [-0.1, -0.05) is 54.8 Å². The van der Waals surface area contributed by atoms with E-state index in [0.29, 0.717) is 44.8 Å². The van der Waals surface area contributed by atoms with Gasteiger partial charge in [0.05, 0.1) is 5.71 Å². The second kappa shape index (κ2) is 11.9. The van der Waals surface area contributed by atoms with Crippen LogP contribution in [0.1, 0.15) is 92.9 Å². The van der Waals surface area contributed by atoms with E-state index in [4.69, 9.17) is 23.2 Å². The fourth-order valence-corrected chi connectivity index (χ4v) is 9.45. The Morgan fingerprint density at radius 2 is 1.51 bits per heavy atom. The van der Waals surface area contributed by atoms with Crippen molar-refractivity contribution in [3.05, 3.63) is 81.4 Å². The van der Waals surface area contributed by atoms with Crippen molar-refractivity contribution in [1.82, 2.24) is 10.9 Å². The number of halogens is 2. The zero-order chi connectivity index (χ0) is 30.4. The van der Waals surface area contributed by atoms with Crippen LogP contribution in [0.25, 0.3) is 0 Å². The molecule has 0 spiro atoms. The van der Waals surface area contributed by atoms with Crippen molar-refractivity contribution in [3.63, 3.8) is 0 Å². The maximum Gasteiger partial charge on any atom is 0.271 e.